The van der Waals surface area contributed by atoms with Gasteiger partial charge in [0.05, 0.1) is 44.2 Å². The predicted octanol–water partition coefficient (Wildman–Crippen LogP) is -3.41. The van der Waals surface area contributed by atoms with Gasteiger partial charge < -0.3 is 72.1 Å². The van der Waals surface area contributed by atoms with Gasteiger partial charge in [-0.05, 0) is 23.6 Å². The smallest absolute Gasteiger partial charge is 0.253 e. The van der Waals surface area contributed by atoms with E-state index in [1.54, 1.807) is 42.6 Å². The second-order valence-corrected chi connectivity index (χ2v) is 15.6. The summed E-state index contributed by atoms with van der Waals surface area (Å²) in [5, 5.41) is 70.8. The maximum absolute atomic E-state index is 13.7. The van der Waals surface area contributed by atoms with Crippen molar-refractivity contribution in [3.8, 4) is 0 Å². The molecule has 7 amide bonds. The van der Waals surface area contributed by atoms with Crippen LogP contribution in [0.5, 0.6) is 0 Å². The quantitative estimate of drug-likeness (QED) is 0.0934. The summed E-state index contributed by atoms with van der Waals surface area (Å²) in [5.41, 5.74) is -0.311. The number of aromatic nitrogens is 1. The molecule has 12 N–H and O–H groups in total. The number of nitrogens with one attached hydrogen (secondary N) is 7. The minimum Gasteiger partial charge on any atom is -0.391 e. The van der Waals surface area contributed by atoms with Gasteiger partial charge in [-0.1, -0.05) is 72.8 Å². The lowest BCUT2D eigenvalue weighted by Crippen LogP contribution is -2.64. The first-order valence-corrected chi connectivity index (χ1v) is 20.4. The zero-order chi connectivity index (χ0) is 46.6. The number of carbonyl (C=O) groups is 7. The number of aromatic amines is 1. The maximum atomic E-state index is 13.7. The van der Waals surface area contributed by atoms with Crippen LogP contribution in [-0.4, -0.2) is 165 Å². The minimum atomic E-state index is -2.60. The van der Waals surface area contributed by atoms with Gasteiger partial charge in [0.2, 0.25) is 29.5 Å². The summed E-state index contributed by atoms with van der Waals surface area (Å²) < 4.78 is 5.22. The van der Waals surface area contributed by atoms with Crippen molar-refractivity contribution in [2.45, 2.75) is 80.1 Å². The normalized spacial score (nSPS) is 27.3. The fourth-order valence-corrected chi connectivity index (χ4v) is 7.27. The Kier molecular flexibility index (Phi) is 16.9. The summed E-state index contributed by atoms with van der Waals surface area (Å²) >= 11 is 0. The summed E-state index contributed by atoms with van der Waals surface area (Å²) in [5.74, 6) is -6.74. The predicted molar refractivity (Wildman–Crippen MR) is 228 cm³/mol. The summed E-state index contributed by atoms with van der Waals surface area (Å²) in [6, 6.07) is 11.4. The van der Waals surface area contributed by atoms with Crippen molar-refractivity contribution in [2.24, 2.45) is 0 Å². The van der Waals surface area contributed by atoms with Gasteiger partial charge in [-0.15, -0.1) is 0 Å². The number of hydrogen-bond donors (Lipinski definition) is 12. The van der Waals surface area contributed by atoms with Gasteiger partial charge in [0.1, 0.15) is 18.2 Å². The van der Waals surface area contributed by atoms with Crippen molar-refractivity contribution in [3.63, 3.8) is 0 Å². The molecule has 1 aromatic heterocycles. The molecular weight excluding hydrogens is 837 g/mol. The van der Waals surface area contributed by atoms with E-state index in [0.717, 1.165) is 28.5 Å². The largest absolute Gasteiger partial charge is 0.391 e. The Balaban J connectivity index is 1.39. The van der Waals surface area contributed by atoms with Crippen molar-refractivity contribution >= 4 is 58.3 Å². The van der Waals surface area contributed by atoms with E-state index >= 15 is 0 Å². The molecule has 0 spiro atoms. The summed E-state index contributed by atoms with van der Waals surface area (Å²) in [4.78, 5) is 97.2. The molecule has 0 saturated carbocycles. The molecule has 0 aliphatic carbocycles. The van der Waals surface area contributed by atoms with Crippen LogP contribution in [0.25, 0.3) is 17.0 Å². The van der Waals surface area contributed by atoms with E-state index in [9.17, 15) is 59.1 Å². The zero-order valence-electron chi connectivity index (χ0n) is 35.1. The number of amides is 7. The average Bonchev–Trinajstić information content (AvgIpc) is 3.78. The first-order valence-electron chi connectivity index (χ1n) is 20.4. The summed E-state index contributed by atoms with van der Waals surface area (Å²) in [6.07, 6.45) is -3.25. The number of fused-ring (bicyclic) bond motifs is 2. The fourth-order valence-electron chi connectivity index (χ4n) is 7.27. The van der Waals surface area contributed by atoms with E-state index in [4.69, 9.17) is 4.74 Å². The Morgan fingerprint density at radius 2 is 1.58 bits per heavy atom. The maximum Gasteiger partial charge on any atom is 0.253 e. The topological polar surface area (TPSA) is 321 Å². The highest BCUT2D eigenvalue weighted by Gasteiger charge is 2.55. The van der Waals surface area contributed by atoms with Crippen molar-refractivity contribution in [1.29, 1.82) is 0 Å². The summed E-state index contributed by atoms with van der Waals surface area (Å²) in [7, 11) is 2.28. The first kappa shape index (κ1) is 48.5. The number of H-pyrrole nitrogens is 1. The summed E-state index contributed by atoms with van der Waals surface area (Å²) in [6.45, 7) is -1.80. The highest BCUT2D eigenvalue weighted by molar-refractivity contribution is 5.94. The van der Waals surface area contributed by atoms with Crippen LogP contribution in [0.15, 0.2) is 79.0 Å². The number of aliphatic hydroxyl groups is 5. The molecule has 5 rings (SSSR count). The number of hydrogen-bond acceptors (Lipinski definition) is 13. The number of ether oxygens (including phenoxy) is 1. The van der Waals surface area contributed by atoms with E-state index in [0.29, 0.717) is 5.56 Å². The molecule has 21 nitrogen and oxygen atoms in total. The van der Waals surface area contributed by atoms with Crippen molar-refractivity contribution in [3.05, 3.63) is 90.1 Å². The third-order valence-electron chi connectivity index (χ3n) is 10.7. The fraction of sp³-hybridized carbons (Fsp3) is 0.419. The minimum absolute atomic E-state index is 0.0539. The molecule has 2 fully saturated rings. The van der Waals surface area contributed by atoms with E-state index in [1.165, 1.54) is 13.1 Å². The second-order valence-electron chi connectivity index (χ2n) is 15.6. The first-order chi connectivity index (χ1) is 30.5. The molecule has 0 bridgehead atoms. The van der Waals surface area contributed by atoms with Crippen LogP contribution in [0.1, 0.15) is 30.4 Å². The second kappa shape index (κ2) is 22.2. The number of benzene rings is 2. The standard InChI is InChI=1S/C43H54N8O13/c1-51-23-33(56)47-29(17-25-20-44-28-15-10-9-14-27(25)28)40(60)46-22-32(55)45-21-26(52)18-31(54)48-35(36(58)30(53)16-8-4-7-13-24-11-5-3-6-12-24)37(59)41(61)49-39-38(64-2)42(62)50-43(39,63)19-34(51)57/h3-15,20,26,29-30,35-39,44,52-53,58-59,63H,16-19,21-23H2,1-2H3,(H,45,55)(H,46,60)(H,47,56)(H,48,54)(H,49,61)(H,50,62)/b8-4+,13-7+/t26-,29-,30+,35-,36-,37+,38?,39-,43-/m1/s1. The van der Waals surface area contributed by atoms with Crippen LogP contribution in [0.4, 0.5) is 0 Å². The molecule has 3 heterocycles. The number of nitrogens with zero attached hydrogens (tertiary/aromatic N) is 1. The van der Waals surface area contributed by atoms with Gasteiger partial charge in [-0.25, -0.2) is 0 Å². The van der Waals surface area contributed by atoms with Crippen LogP contribution in [-0.2, 0) is 44.7 Å². The van der Waals surface area contributed by atoms with E-state index < -0.39 is 128 Å². The van der Waals surface area contributed by atoms with Crippen molar-refractivity contribution in [2.75, 3.05) is 33.8 Å². The van der Waals surface area contributed by atoms with E-state index in [-0.39, 0.29) is 12.8 Å². The van der Waals surface area contributed by atoms with Crippen molar-refractivity contribution < 1.29 is 63.8 Å². The van der Waals surface area contributed by atoms with Gasteiger partial charge in [0, 0.05) is 44.2 Å². The molecule has 344 valence electrons. The molecule has 1 unspecified atom stereocenters. The highest BCUT2D eigenvalue weighted by atomic mass is 16.5. The number of methoxy groups -OCH3 is 1. The molecule has 64 heavy (non-hydrogen) atoms. The Labute approximate surface area is 367 Å². The van der Waals surface area contributed by atoms with Gasteiger partial charge >= 0.3 is 0 Å². The third-order valence-corrected chi connectivity index (χ3v) is 10.7. The van der Waals surface area contributed by atoms with Crippen molar-refractivity contribution in [1.82, 2.24) is 41.8 Å². The van der Waals surface area contributed by atoms with Crippen LogP contribution in [0.3, 0.4) is 0 Å². The number of para-hydroxylation sites is 1. The lowest BCUT2D eigenvalue weighted by atomic mass is 9.95. The molecule has 2 aromatic carbocycles. The van der Waals surface area contributed by atoms with Gasteiger partial charge in [-0.2, -0.15) is 0 Å². The lowest BCUT2D eigenvalue weighted by Gasteiger charge is -2.34. The van der Waals surface area contributed by atoms with Crippen LogP contribution in [0.2, 0.25) is 0 Å². The Hall–Kier alpha value is -6.49. The molecular formula is C43H54N8O13. The van der Waals surface area contributed by atoms with Gasteiger partial charge in [0.25, 0.3) is 11.8 Å². The van der Waals surface area contributed by atoms with Crippen LogP contribution >= 0.6 is 0 Å². The SMILES string of the molecule is COC1C(=O)N[C@@]2(O)CC(=O)N(C)CC(=O)N[C@H](Cc3c[nH]c4ccccc34)C(=O)NCC(=O)NC[C@H](O)CC(=O)N[C@H]([C@H](O)[C@@H](O)C/C=C/C=C/c3ccccc3)[C@H](O)C(=O)N[C@H]12. The lowest BCUT2D eigenvalue weighted by molar-refractivity contribution is -0.146. The monoisotopic (exact) mass is 890 g/mol. The Morgan fingerprint density at radius 1 is 0.859 bits per heavy atom. The molecule has 3 aromatic rings. The highest BCUT2D eigenvalue weighted by Crippen LogP contribution is 2.26. The number of β-amino-alcohol motifs (C(OH)–C–C–N with tert-alkyl or cyclic N) is 1. The molecule has 9 atom stereocenters. The van der Waals surface area contributed by atoms with Gasteiger partial charge in [0.15, 0.2) is 17.9 Å². The molecule has 2 saturated heterocycles. The van der Waals surface area contributed by atoms with E-state index in [1.807, 2.05) is 36.4 Å². The number of aliphatic hydroxyl groups excluding tert-OH is 4. The average molecular weight is 891 g/mol. The number of carbonyl (C=O) groups excluding carboxylic acids is 7. The van der Waals surface area contributed by atoms with Crippen LogP contribution in [0, 0.1) is 0 Å². The third kappa shape index (κ3) is 12.8. The molecule has 0 radical (unpaired) electrons. The zero-order valence-corrected chi connectivity index (χ0v) is 35.1. The number of allylic oxidation sites excluding steroid dienone is 2. The Bertz CT molecular complexity index is 2220. The Morgan fingerprint density at radius 3 is 2.31 bits per heavy atom. The van der Waals surface area contributed by atoms with Gasteiger partial charge in [-0.3, -0.25) is 33.6 Å². The molecule has 2 aliphatic heterocycles. The number of rotatable bonds is 9. The van der Waals surface area contributed by atoms with E-state index in [2.05, 4.69) is 36.9 Å². The molecule has 21 heteroatoms. The molecule has 2 aliphatic rings. The van der Waals surface area contributed by atoms with Crippen LogP contribution < -0.4 is 31.9 Å². The number of likely N-dealkylation sites (N-methyl/N-ethyl adjacent to an activating group) is 1.